The smallest absolute Gasteiger partial charge is 0.253 e. The van der Waals surface area contributed by atoms with E-state index in [2.05, 4.69) is 10.6 Å². The number of carbonyl (C=O) groups excluding carboxylic acids is 3. The lowest BCUT2D eigenvalue weighted by Gasteiger charge is -2.36. The van der Waals surface area contributed by atoms with E-state index < -0.39 is 6.04 Å². The maximum atomic E-state index is 13.1. The highest BCUT2D eigenvalue weighted by Crippen LogP contribution is 2.23. The zero-order chi connectivity index (χ0) is 23.8. The lowest BCUT2D eigenvalue weighted by atomic mass is 9.88. The topological polar surface area (TPSA) is 87.7 Å². The molecule has 1 heterocycles. The number of nitrogens with one attached hydrogen (secondary N) is 2. The van der Waals surface area contributed by atoms with Crippen LogP contribution < -0.4 is 15.4 Å². The Bertz CT molecular complexity index is 955. The predicted octanol–water partition coefficient (Wildman–Crippen LogP) is 3.26. The highest BCUT2D eigenvalue weighted by molar-refractivity contribution is 5.98. The van der Waals surface area contributed by atoms with E-state index in [-0.39, 0.29) is 29.7 Å². The average Bonchev–Trinajstić information content (AvgIpc) is 2.87. The molecule has 1 aliphatic heterocycles. The fourth-order valence-corrected chi connectivity index (χ4v) is 4.02. The second kappa shape index (κ2) is 11.5. The van der Waals surface area contributed by atoms with Crippen molar-refractivity contribution in [3.8, 4) is 5.75 Å². The molecule has 0 bridgehead atoms. The van der Waals surface area contributed by atoms with Gasteiger partial charge in [-0.05, 0) is 62.4 Å². The molecule has 3 rings (SSSR count). The maximum absolute atomic E-state index is 13.1. The van der Waals surface area contributed by atoms with Crippen LogP contribution in [0.3, 0.4) is 0 Å². The highest BCUT2D eigenvalue weighted by atomic mass is 16.5. The van der Waals surface area contributed by atoms with Crippen LogP contribution in [0.15, 0.2) is 54.6 Å². The van der Waals surface area contributed by atoms with Crippen molar-refractivity contribution in [1.29, 1.82) is 0 Å². The monoisotopic (exact) mass is 451 g/mol. The molecule has 0 radical (unpaired) electrons. The number of likely N-dealkylation sites (tertiary alicyclic amines) is 1. The summed E-state index contributed by atoms with van der Waals surface area (Å²) in [6, 6.07) is 15.4. The third-order valence-electron chi connectivity index (χ3n) is 6.22. The Balaban J connectivity index is 1.71. The van der Waals surface area contributed by atoms with E-state index in [4.69, 9.17) is 4.74 Å². The average molecular weight is 452 g/mol. The molecule has 1 fully saturated rings. The third kappa shape index (κ3) is 6.34. The first-order chi connectivity index (χ1) is 15.9. The number of amides is 3. The number of rotatable bonds is 8. The van der Waals surface area contributed by atoms with Crippen LogP contribution in [-0.4, -0.2) is 54.9 Å². The van der Waals surface area contributed by atoms with Crippen molar-refractivity contribution in [2.24, 2.45) is 5.92 Å². The standard InChI is InChI=1S/C26H33N3O4/c1-4-18(2)27-25(31)23(28-24(30)21-11-8-12-22(17-21)33-3)19-13-15-29(16-14-19)26(32)20-9-6-5-7-10-20/h5-12,17-19,23H,4,13-16H2,1-3H3,(H,27,31)(H,28,30)/t18-,23+/m1/s1. The van der Waals surface area contributed by atoms with Crippen LogP contribution in [-0.2, 0) is 4.79 Å². The summed E-state index contributed by atoms with van der Waals surface area (Å²) in [6.07, 6.45) is 2.07. The quantitative estimate of drug-likeness (QED) is 0.645. The molecule has 0 unspecified atom stereocenters. The van der Waals surface area contributed by atoms with Crippen LogP contribution in [0.2, 0.25) is 0 Å². The van der Waals surface area contributed by atoms with Gasteiger partial charge in [0.25, 0.3) is 11.8 Å². The molecule has 0 aliphatic carbocycles. The van der Waals surface area contributed by atoms with Gasteiger partial charge in [-0.25, -0.2) is 0 Å². The van der Waals surface area contributed by atoms with E-state index in [0.29, 0.717) is 42.8 Å². The number of nitrogens with zero attached hydrogens (tertiary/aromatic N) is 1. The fourth-order valence-electron chi connectivity index (χ4n) is 4.02. The molecule has 3 amide bonds. The molecule has 1 saturated heterocycles. The minimum absolute atomic E-state index is 0.00456. The first-order valence-corrected chi connectivity index (χ1v) is 11.5. The van der Waals surface area contributed by atoms with Gasteiger partial charge in [0.15, 0.2) is 0 Å². The number of carbonyl (C=O) groups is 3. The number of benzene rings is 2. The minimum Gasteiger partial charge on any atom is -0.497 e. The number of methoxy groups -OCH3 is 1. The summed E-state index contributed by atoms with van der Waals surface area (Å²) in [5.74, 6) is 0.00363. The Labute approximate surface area is 195 Å². The van der Waals surface area contributed by atoms with Crippen LogP contribution in [0.25, 0.3) is 0 Å². The van der Waals surface area contributed by atoms with Crippen molar-refractivity contribution in [2.75, 3.05) is 20.2 Å². The van der Waals surface area contributed by atoms with Gasteiger partial charge >= 0.3 is 0 Å². The predicted molar refractivity (Wildman–Crippen MR) is 127 cm³/mol. The summed E-state index contributed by atoms with van der Waals surface area (Å²) in [5.41, 5.74) is 1.10. The number of hydrogen-bond acceptors (Lipinski definition) is 4. The summed E-state index contributed by atoms with van der Waals surface area (Å²) in [4.78, 5) is 40.7. The Hall–Kier alpha value is -3.35. The van der Waals surface area contributed by atoms with Gasteiger partial charge in [-0.1, -0.05) is 31.2 Å². The molecule has 0 spiro atoms. The molecule has 33 heavy (non-hydrogen) atoms. The van der Waals surface area contributed by atoms with Crippen molar-refractivity contribution in [3.05, 3.63) is 65.7 Å². The van der Waals surface area contributed by atoms with Gasteiger partial charge in [0.1, 0.15) is 11.8 Å². The van der Waals surface area contributed by atoms with Gasteiger partial charge in [0.2, 0.25) is 5.91 Å². The molecule has 2 N–H and O–H groups in total. The molecule has 1 aliphatic rings. The largest absolute Gasteiger partial charge is 0.497 e. The molecular weight excluding hydrogens is 418 g/mol. The summed E-state index contributed by atoms with van der Waals surface area (Å²) in [5, 5.41) is 5.96. The molecule has 2 atom stereocenters. The van der Waals surface area contributed by atoms with Crippen molar-refractivity contribution < 1.29 is 19.1 Å². The second-order valence-corrected chi connectivity index (χ2v) is 8.50. The van der Waals surface area contributed by atoms with E-state index in [1.54, 1.807) is 31.4 Å². The van der Waals surface area contributed by atoms with Crippen LogP contribution in [0.5, 0.6) is 5.75 Å². The summed E-state index contributed by atoms with van der Waals surface area (Å²) in [7, 11) is 1.55. The van der Waals surface area contributed by atoms with Crippen molar-refractivity contribution in [2.45, 2.75) is 45.2 Å². The van der Waals surface area contributed by atoms with E-state index in [0.717, 1.165) is 6.42 Å². The molecule has 7 heteroatoms. The van der Waals surface area contributed by atoms with Gasteiger partial charge in [-0.15, -0.1) is 0 Å². The molecule has 2 aromatic rings. The lowest BCUT2D eigenvalue weighted by molar-refractivity contribution is -0.125. The van der Waals surface area contributed by atoms with Gasteiger partial charge in [0, 0.05) is 30.3 Å². The fraction of sp³-hybridized carbons (Fsp3) is 0.423. The lowest BCUT2D eigenvalue weighted by Crippen LogP contribution is -2.55. The minimum atomic E-state index is -0.674. The number of piperidine rings is 1. The van der Waals surface area contributed by atoms with Crippen LogP contribution in [0.1, 0.15) is 53.8 Å². The van der Waals surface area contributed by atoms with Crippen molar-refractivity contribution in [1.82, 2.24) is 15.5 Å². The molecule has 7 nitrogen and oxygen atoms in total. The normalized spacial score (nSPS) is 15.9. The van der Waals surface area contributed by atoms with Crippen LogP contribution in [0, 0.1) is 5.92 Å². The van der Waals surface area contributed by atoms with Gasteiger partial charge in [0.05, 0.1) is 7.11 Å². The van der Waals surface area contributed by atoms with Crippen molar-refractivity contribution >= 4 is 17.7 Å². The first-order valence-electron chi connectivity index (χ1n) is 11.5. The van der Waals surface area contributed by atoms with Gasteiger partial charge in [-0.2, -0.15) is 0 Å². The van der Waals surface area contributed by atoms with Gasteiger partial charge < -0.3 is 20.3 Å². The zero-order valence-corrected chi connectivity index (χ0v) is 19.5. The van der Waals surface area contributed by atoms with E-state index in [1.807, 2.05) is 49.1 Å². The molecule has 0 saturated carbocycles. The summed E-state index contributed by atoms with van der Waals surface area (Å²) >= 11 is 0. The maximum Gasteiger partial charge on any atom is 0.253 e. The molecular formula is C26H33N3O4. The summed E-state index contributed by atoms with van der Waals surface area (Å²) in [6.45, 7) is 5.03. The third-order valence-corrected chi connectivity index (χ3v) is 6.22. The van der Waals surface area contributed by atoms with Gasteiger partial charge in [-0.3, -0.25) is 14.4 Å². The van der Waals surface area contributed by atoms with E-state index in [9.17, 15) is 14.4 Å². The Morgan fingerprint density at radius 1 is 1.00 bits per heavy atom. The molecule has 0 aromatic heterocycles. The summed E-state index contributed by atoms with van der Waals surface area (Å²) < 4.78 is 5.21. The van der Waals surface area contributed by atoms with E-state index in [1.165, 1.54) is 0 Å². The highest BCUT2D eigenvalue weighted by Gasteiger charge is 2.34. The Kier molecular flexibility index (Phi) is 8.46. The zero-order valence-electron chi connectivity index (χ0n) is 19.5. The van der Waals surface area contributed by atoms with Crippen LogP contribution >= 0.6 is 0 Å². The first kappa shape index (κ1) is 24.3. The van der Waals surface area contributed by atoms with Crippen molar-refractivity contribution in [3.63, 3.8) is 0 Å². The molecule has 176 valence electrons. The van der Waals surface area contributed by atoms with E-state index >= 15 is 0 Å². The SMILES string of the molecule is CC[C@@H](C)NC(=O)[C@@H](NC(=O)c1cccc(OC)c1)C1CCN(C(=O)c2ccccc2)CC1. The second-order valence-electron chi connectivity index (χ2n) is 8.50. The number of ether oxygens (including phenoxy) is 1. The Morgan fingerprint density at radius 2 is 1.67 bits per heavy atom. The molecule has 2 aromatic carbocycles. The van der Waals surface area contributed by atoms with Crippen LogP contribution in [0.4, 0.5) is 0 Å². The Morgan fingerprint density at radius 3 is 2.30 bits per heavy atom. The number of hydrogen-bond donors (Lipinski definition) is 2.